The van der Waals surface area contributed by atoms with Crippen LogP contribution in [0.4, 0.5) is 8.78 Å². The summed E-state index contributed by atoms with van der Waals surface area (Å²) in [4.78, 5) is 0. The van der Waals surface area contributed by atoms with Gasteiger partial charge < -0.3 is 14.5 Å². The summed E-state index contributed by atoms with van der Waals surface area (Å²) in [6.07, 6.45) is 1.45. The van der Waals surface area contributed by atoms with Gasteiger partial charge >= 0.3 is 7.48 Å². The molecule has 0 aliphatic rings. The number of hydrogen-bond acceptors (Lipinski definition) is 4. The Hall–Kier alpha value is -2.71. The fourth-order valence-electron chi connectivity index (χ4n) is 2.69. The monoisotopic (exact) mass is 413 g/mol. The van der Waals surface area contributed by atoms with Crippen LogP contribution in [0.2, 0.25) is 0 Å². The van der Waals surface area contributed by atoms with Gasteiger partial charge in [-0.25, -0.2) is 8.78 Å². The number of ether oxygens (including phenoxy) is 1. The largest absolute Gasteiger partial charge is 0.497 e. The van der Waals surface area contributed by atoms with E-state index in [1.165, 1.54) is 18.3 Å². The number of aromatic amines is 1. The van der Waals surface area contributed by atoms with Crippen molar-refractivity contribution in [2.24, 2.45) is 0 Å². The Morgan fingerprint density at radius 3 is 2.23 bits per heavy atom. The fourth-order valence-corrected chi connectivity index (χ4v) is 2.69. The van der Waals surface area contributed by atoms with Crippen LogP contribution in [0, 0.1) is 11.6 Å². The SMILES string of the molecule is COc1ccc(-c2[nH]ncc2-c2ccc([B]OC(C)(C)C(C)(C)O)c(F)c2F)cc1. The number of rotatable bonds is 7. The lowest BCUT2D eigenvalue weighted by molar-refractivity contribution is -0.0893. The van der Waals surface area contributed by atoms with Gasteiger partial charge in [0.15, 0.2) is 11.6 Å². The van der Waals surface area contributed by atoms with Gasteiger partial charge in [0, 0.05) is 16.7 Å². The zero-order chi connectivity index (χ0) is 22.1. The highest BCUT2D eigenvalue weighted by Gasteiger charge is 2.36. The van der Waals surface area contributed by atoms with Crippen LogP contribution in [0.1, 0.15) is 27.7 Å². The highest BCUT2D eigenvalue weighted by atomic mass is 19.2. The van der Waals surface area contributed by atoms with Crippen molar-refractivity contribution < 1.29 is 23.3 Å². The number of halogens is 2. The average molecular weight is 413 g/mol. The molecule has 3 rings (SSSR count). The van der Waals surface area contributed by atoms with E-state index in [1.54, 1.807) is 59.1 Å². The molecule has 0 amide bonds. The number of aliphatic hydroxyl groups is 1. The molecule has 1 aromatic heterocycles. The van der Waals surface area contributed by atoms with Crippen LogP contribution in [0.5, 0.6) is 5.75 Å². The van der Waals surface area contributed by atoms with Gasteiger partial charge in [-0.3, -0.25) is 5.10 Å². The summed E-state index contributed by atoms with van der Waals surface area (Å²) in [7, 11) is 2.69. The van der Waals surface area contributed by atoms with E-state index < -0.39 is 22.8 Å². The number of methoxy groups -OCH3 is 1. The molecule has 1 radical (unpaired) electrons. The summed E-state index contributed by atoms with van der Waals surface area (Å²) < 4.78 is 40.4. The number of hydrogen-bond donors (Lipinski definition) is 2. The molecule has 0 fully saturated rings. The summed E-state index contributed by atoms with van der Waals surface area (Å²) in [5.41, 5.74) is -0.403. The Balaban J connectivity index is 1.91. The van der Waals surface area contributed by atoms with E-state index >= 15 is 0 Å². The lowest BCUT2D eigenvalue weighted by Crippen LogP contribution is -2.49. The lowest BCUT2D eigenvalue weighted by atomic mass is 9.81. The topological polar surface area (TPSA) is 67.4 Å². The van der Waals surface area contributed by atoms with Gasteiger partial charge in [0.25, 0.3) is 0 Å². The van der Waals surface area contributed by atoms with Crippen molar-refractivity contribution in [2.45, 2.75) is 38.9 Å². The predicted molar refractivity (Wildman–Crippen MR) is 113 cm³/mol. The molecule has 3 aromatic rings. The van der Waals surface area contributed by atoms with Crippen LogP contribution in [0.3, 0.4) is 0 Å². The summed E-state index contributed by atoms with van der Waals surface area (Å²) in [6.45, 7) is 6.50. The van der Waals surface area contributed by atoms with Crippen molar-refractivity contribution in [1.29, 1.82) is 0 Å². The summed E-state index contributed by atoms with van der Waals surface area (Å²) in [5, 5.41) is 17.0. The molecule has 0 spiro atoms. The molecule has 0 bridgehead atoms. The normalized spacial score (nSPS) is 12.1. The molecule has 157 valence electrons. The van der Waals surface area contributed by atoms with Crippen LogP contribution < -0.4 is 10.2 Å². The van der Waals surface area contributed by atoms with Crippen LogP contribution in [0.15, 0.2) is 42.6 Å². The third-order valence-corrected chi connectivity index (χ3v) is 5.37. The highest BCUT2D eigenvalue weighted by Crippen LogP contribution is 2.33. The maximum Gasteiger partial charge on any atom is 0.334 e. The van der Waals surface area contributed by atoms with Crippen LogP contribution in [-0.4, -0.2) is 41.1 Å². The van der Waals surface area contributed by atoms with E-state index in [0.717, 1.165) is 13.0 Å². The Morgan fingerprint density at radius 1 is 0.967 bits per heavy atom. The molecular weight excluding hydrogens is 389 g/mol. The van der Waals surface area contributed by atoms with E-state index in [2.05, 4.69) is 10.2 Å². The quantitative estimate of drug-likeness (QED) is 0.578. The summed E-state index contributed by atoms with van der Waals surface area (Å²) in [6, 6.07) is 10.1. The first-order valence-electron chi connectivity index (χ1n) is 9.44. The minimum absolute atomic E-state index is 0.0527. The van der Waals surface area contributed by atoms with E-state index in [9.17, 15) is 13.9 Å². The van der Waals surface area contributed by atoms with Crippen LogP contribution in [-0.2, 0) is 4.65 Å². The number of benzene rings is 2. The molecule has 0 saturated heterocycles. The van der Waals surface area contributed by atoms with Gasteiger partial charge in [-0.15, -0.1) is 0 Å². The highest BCUT2D eigenvalue weighted by molar-refractivity contribution is 6.47. The van der Waals surface area contributed by atoms with Crippen LogP contribution in [0.25, 0.3) is 22.4 Å². The van der Waals surface area contributed by atoms with E-state index in [1.807, 2.05) is 0 Å². The van der Waals surface area contributed by atoms with E-state index in [4.69, 9.17) is 9.39 Å². The molecule has 30 heavy (non-hydrogen) atoms. The summed E-state index contributed by atoms with van der Waals surface area (Å²) >= 11 is 0. The molecular formula is C22H24BF2N2O3. The maximum atomic E-state index is 14.9. The van der Waals surface area contributed by atoms with Gasteiger partial charge in [0.05, 0.1) is 30.2 Å². The molecule has 0 atom stereocenters. The smallest absolute Gasteiger partial charge is 0.334 e. The molecule has 0 aliphatic carbocycles. The third kappa shape index (κ3) is 4.25. The molecule has 5 nitrogen and oxygen atoms in total. The number of aromatic nitrogens is 2. The minimum Gasteiger partial charge on any atom is -0.497 e. The van der Waals surface area contributed by atoms with E-state index in [0.29, 0.717) is 17.0 Å². The first-order chi connectivity index (χ1) is 14.0. The summed E-state index contributed by atoms with van der Waals surface area (Å²) in [5.74, 6) is -1.36. The molecule has 1 heterocycles. The number of nitrogens with one attached hydrogen (secondary N) is 1. The Kier molecular flexibility index (Phi) is 6.01. The first-order valence-corrected chi connectivity index (χ1v) is 9.44. The second-order valence-corrected chi connectivity index (χ2v) is 8.02. The van der Waals surface area contributed by atoms with Crippen LogP contribution >= 0.6 is 0 Å². The van der Waals surface area contributed by atoms with Gasteiger partial charge in [-0.2, -0.15) is 5.10 Å². The minimum atomic E-state index is -1.18. The lowest BCUT2D eigenvalue weighted by Gasteiger charge is -2.37. The number of nitrogens with zero attached hydrogens (tertiary/aromatic N) is 1. The Bertz CT molecular complexity index is 1030. The second-order valence-electron chi connectivity index (χ2n) is 8.02. The van der Waals surface area contributed by atoms with Crippen molar-refractivity contribution in [3.8, 4) is 28.1 Å². The second kappa shape index (κ2) is 8.20. The van der Waals surface area contributed by atoms with Crippen molar-refractivity contribution in [3.05, 3.63) is 54.2 Å². The van der Waals surface area contributed by atoms with Gasteiger partial charge in [-0.05, 0) is 57.4 Å². The average Bonchev–Trinajstić information content (AvgIpc) is 3.18. The Labute approximate surface area is 175 Å². The molecule has 2 N–H and O–H groups in total. The molecule has 0 aliphatic heterocycles. The third-order valence-electron chi connectivity index (χ3n) is 5.37. The van der Waals surface area contributed by atoms with Crippen molar-refractivity contribution in [3.63, 3.8) is 0 Å². The first kappa shape index (κ1) is 22.0. The standard InChI is InChI=1S/C22H24BF2N2O3/c1-21(2,28)22(3,4)30-23-17-11-10-15(18(24)19(17)25)16-12-26-27-20(16)13-6-8-14(29-5)9-7-13/h6-12,28H,1-5H3,(H,26,27). The maximum absolute atomic E-state index is 14.9. The van der Waals surface area contributed by atoms with Crippen molar-refractivity contribution >= 4 is 12.9 Å². The zero-order valence-corrected chi connectivity index (χ0v) is 17.6. The zero-order valence-electron chi connectivity index (χ0n) is 17.6. The van der Waals surface area contributed by atoms with E-state index in [-0.39, 0.29) is 11.0 Å². The molecule has 8 heteroatoms. The van der Waals surface area contributed by atoms with Gasteiger partial charge in [-0.1, -0.05) is 12.1 Å². The van der Waals surface area contributed by atoms with Gasteiger partial charge in [0.1, 0.15) is 5.75 Å². The predicted octanol–water partition coefficient (Wildman–Crippen LogP) is 3.84. The molecule has 0 saturated carbocycles. The van der Waals surface area contributed by atoms with Crippen molar-refractivity contribution in [2.75, 3.05) is 7.11 Å². The van der Waals surface area contributed by atoms with Crippen molar-refractivity contribution in [1.82, 2.24) is 10.2 Å². The molecule has 0 unspecified atom stereocenters. The molecule has 2 aromatic carbocycles. The Morgan fingerprint density at radius 2 is 1.63 bits per heavy atom. The van der Waals surface area contributed by atoms with Gasteiger partial charge in [0.2, 0.25) is 0 Å². The number of H-pyrrole nitrogens is 1. The fraction of sp³-hybridized carbons (Fsp3) is 0.318.